The van der Waals surface area contributed by atoms with Crippen molar-refractivity contribution >= 4 is 0 Å². The molecule has 0 heterocycles. The van der Waals surface area contributed by atoms with Crippen LogP contribution in [0.3, 0.4) is 0 Å². The zero-order valence-electron chi connectivity index (χ0n) is 9.71. The molecule has 0 aliphatic carbocycles. The van der Waals surface area contributed by atoms with E-state index in [0.29, 0.717) is 5.56 Å². The molecule has 1 N–H and O–H groups in total. The second-order valence-corrected chi connectivity index (χ2v) is 4.04. The van der Waals surface area contributed by atoms with Crippen molar-refractivity contribution in [3.63, 3.8) is 0 Å². The SMILES string of the molecule is OCc1ccc(-c2cccc(F)c2)cc1C(F)(F)F. The number of aliphatic hydroxyl groups is 1. The van der Waals surface area contributed by atoms with Crippen molar-refractivity contribution < 1.29 is 22.7 Å². The standard InChI is InChI=1S/C14H10F4O/c15-12-3-1-2-9(6-12)10-4-5-11(8-19)13(7-10)14(16,17)18/h1-7,19H,8H2. The maximum Gasteiger partial charge on any atom is 0.416 e. The Morgan fingerprint density at radius 3 is 2.21 bits per heavy atom. The van der Waals surface area contributed by atoms with Crippen LogP contribution in [0.15, 0.2) is 42.5 Å². The third-order valence-electron chi connectivity index (χ3n) is 2.74. The molecule has 0 radical (unpaired) electrons. The van der Waals surface area contributed by atoms with Crippen molar-refractivity contribution in [1.29, 1.82) is 0 Å². The van der Waals surface area contributed by atoms with Crippen molar-refractivity contribution in [2.24, 2.45) is 0 Å². The van der Waals surface area contributed by atoms with Crippen molar-refractivity contribution in [3.05, 3.63) is 59.4 Å². The first-order valence-corrected chi connectivity index (χ1v) is 5.49. The van der Waals surface area contributed by atoms with Gasteiger partial charge in [0.1, 0.15) is 5.82 Å². The number of alkyl halides is 3. The fourth-order valence-electron chi connectivity index (χ4n) is 1.83. The lowest BCUT2D eigenvalue weighted by Gasteiger charge is -2.13. The van der Waals surface area contributed by atoms with E-state index < -0.39 is 24.2 Å². The van der Waals surface area contributed by atoms with E-state index in [0.717, 1.165) is 12.1 Å². The number of benzene rings is 2. The molecule has 0 aromatic heterocycles. The summed E-state index contributed by atoms with van der Waals surface area (Å²) < 4.78 is 51.5. The van der Waals surface area contributed by atoms with Gasteiger partial charge in [0.2, 0.25) is 0 Å². The molecule has 0 aliphatic heterocycles. The van der Waals surface area contributed by atoms with Crippen LogP contribution in [0, 0.1) is 5.82 Å². The average Bonchev–Trinajstić information content (AvgIpc) is 2.37. The molecule has 5 heteroatoms. The highest BCUT2D eigenvalue weighted by atomic mass is 19.4. The summed E-state index contributed by atoms with van der Waals surface area (Å²) in [5.41, 5.74) is -0.497. The van der Waals surface area contributed by atoms with Crippen molar-refractivity contribution in [2.45, 2.75) is 12.8 Å². The Labute approximate surface area is 107 Å². The highest BCUT2D eigenvalue weighted by Gasteiger charge is 2.33. The minimum absolute atomic E-state index is 0.201. The normalized spacial score (nSPS) is 11.6. The molecular formula is C14H10F4O. The van der Waals surface area contributed by atoms with Gasteiger partial charge in [0.05, 0.1) is 12.2 Å². The van der Waals surface area contributed by atoms with Gasteiger partial charge in [-0.1, -0.05) is 24.3 Å². The molecule has 0 bridgehead atoms. The zero-order chi connectivity index (χ0) is 14.0. The highest BCUT2D eigenvalue weighted by Crippen LogP contribution is 2.35. The van der Waals surface area contributed by atoms with Crippen LogP contribution < -0.4 is 0 Å². The van der Waals surface area contributed by atoms with Crippen LogP contribution in [0.4, 0.5) is 17.6 Å². The molecule has 2 aromatic carbocycles. The molecule has 100 valence electrons. The molecule has 1 nitrogen and oxygen atoms in total. The minimum Gasteiger partial charge on any atom is -0.392 e. The van der Waals surface area contributed by atoms with E-state index in [-0.39, 0.29) is 11.1 Å². The topological polar surface area (TPSA) is 20.2 Å². The van der Waals surface area contributed by atoms with Crippen LogP contribution in [0.2, 0.25) is 0 Å². The molecule has 0 amide bonds. The highest BCUT2D eigenvalue weighted by molar-refractivity contribution is 5.65. The monoisotopic (exact) mass is 270 g/mol. The summed E-state index contributed by atoms with van der Waals surface area (Å²) in [6.07, 6.45) is -4.55. The molecule has 0 saturated heterocycles. The lowest BCUT2D eigenvalue weighted by Crippen LogP contribution is -2.09. The van der Waals surface area contributed by atoms with E-state index >= 15 is 0 Å². The fourth-order valence-corrected chi connectivity index (χ4v) is 1.83. The lowest BCUT2D eigenvalue weighted by molar-refractivity contribution is -0.138. The summed E-state index contributed by atoms with van der Waals surface area (Å²) in [6, 6.07) is 8.87. The number of rotatable bonds is 2. The molecule has 0 saturated carbocycles. The lowest BCUT2D eigenvalue weighted by atomic mass is 9.99. The quantitative estimate of drug-likeness (QED) is 0.818. The maximum absolute atomic E-state index is 13.1. The Morgan fingerprint density at radius 1 is 0.947 bits per heavy atom. The smallest absolute Gasteiger partial charge is 0.392 e. The van der Waals surface area contributed by atoms with Gasteiger partial charge in [0.15, 0.2) is 0 Å². The van der Waals surface area contributed by atoms with Gasteiger partial charge in [0, 0.05) is 0 Å². The molecule has 0 atom stereocenters. The minimum atomic E-state index is -4.55. The molecule has 19 heavy (non-hydrogen) atoms. The van der Waals surface area contributed by atoms with Crippen LogP contribution in [0.1, 0.15) is 11.1 Å². The predicted octanol–water partition coefficient (Wildman–Crippen LogP) is 4.00. The Kier molecular flexibility index (Phi) is 3.57. The van der Waals surface area contributed by atoms with Gasteiger partial charge in [-0.3, -0.25) is 0 Å². The zero-order valence-corrected chi connectivity index (χ0v) is 9.71. The molecule has 0 aliphatic rings. The van der Waals surface area contributed by atoms with E-state index in [2.05, 4.69) is 0 Å². The largest absolute Gasteiger partial charge is 0.416 e. The Bertz CT molecular complexity index is 590. The van der Waals surface area contributed by atoms with Crippen LogP contribution in [0.25, 0.3) is 11.1 Å². The van der Waals surface area contributed by atoms with Crippen LogP contribution >= 0.6 is 0 Å². The van der Waals surface area contributed by atoms with Crippen LogP contribution in [-0.4, -0.2) is 5.11 Å². The summed E-state index contributed by atoms with van der Waals surface area (Å²) >= 11 is 0. The van der Waals surface area contributed by atoms with Gasteiger partial charge in [0.25, 0.3) is 0 Å². The average molecular weight is 270 g/mol. The number of aliphatic hydroxyl groups excluding tert-OH is 1. The van der Waals surface area contributed by atoms with Crippen LogP contribution in [-0.2, 0) is 12.8 Å². The van der Waals surface area contributed by atoms with Gasteiger partial charge in [-0.25, -0.2) is 4.39 Å². The molecule has 2 aromatic rings. The van der Waals surface area contributed by atoms with E-state index in [1.807, 2.05) is 0 Å². The molecule has 0 unspecified atom stereocenters. The van der Waals surface area contributed by atoms with E-state index in [4.69, 9.17) is 5.11 Å². The molecule has 2 rings (SSSR count). The van der Waals surface area contributed by atoms with Gasteiger partial charge >= 0.3 is 6.18 Å². The van der Waals surface area contributed by atoms with Gasteiger partial charge in [-0.2, -0.15) is 13.2 Å². The first kappa shape index (κ1) is 13.5. The Morgan fingerprint density at radius 2 is 1.63 bits per heavy atom. The summed E-state index contributed by atoms with van der Waals surface area (Å²) in [6.45, 7) is -0.696. The first-order valence-electron chi connectivity index (χ1n) is 5.49. The predicted molar refractivity (Wildman–Crippen MR) is 62.8 cm³/mol. The second kappa shape index (κ2) is 5.01. The number of hydrogen-bond donors (Lipinski definition) is 1. The Hall–Kier alpha value is -1.88. The molecule has 0 spiro atoms. The molecule has 0 fully saturated rings. The number of hydrogen-bond acceptors (Lipinski definition) is 1. The summed E-state index contributed by atoms with van der Waals surface area (Å²) in [5, 5.41) is 8.93. The summed E-state index contributed by atoms with van der Waals surface area (Å²) in [7, 11) is 0. The fraction of sp³-hybridized carbons (Fsp3) is 0.143. The second-order valence-electron chi connectivity index (χ2n) is 4.04. The maximum atomic E-state index is 13.1. The summed E-state index contributed by atoms with van der Waals surface area (Å²) in [5.74, 6) is -0.516. The van der Waals surface area contributed by atoms with Crippen molar-refractivity contribution in [2.75, 3.05) is 0 Å². The van der Waals surface area contributed by atoms with Gasteiger partial charge in [-0.15, -0.1) is 0 Å². The Balaban J connectivity index is 2.55. The van der Waals surface area contributed by atoms with E-state index in [1.54, 1.807) is 0 Å². The third kappa shape index (κ3) is 2.93. The van der Waals surface area contributed by atoms with Gasteiger partial charge < -0.3 is 5.11 Å². The third-order valence-corrected chi connectivity index (χ3v) is 2.74. The number of halogens is 4. The van der Waals surface area contributed by atoms with Crippen LogP contribution in [0.5, 0.6) is 0 Å². The summed E-state index contributed by atoms with van der Waals surface area (Å²) in [4.78, 5) is 0. The molecular weight excluding hydrogens is 260 g/mol. The van der Waals surface area contributed by atoms with E-state index in [9.17, 15) is 17.6 Å². The van der Waals surface area contributed by atoms with Crippen molar-refractivity contribution in [1.82, 2.24) is 0 Å². The van der Waals surface area contributed by atoms with Crippen molar-refractivity contribution in [3.8, 4) is 11.1 Å². The first-order chi connectivity index (χ1) is 8.91. The van der Waals surface area contributed by atoms with E-state index in [1.165, 1.54) is 30.3 Å². The van der Waals surface area contributed by atoms with Gasteiger partial charge in [-0.05, 0) is 34.9 Å².